The molecule has 0 aliphatic heterocycles. The van der Waals surface area contributed by atoms with Crippen molar-refractivity contribution in [3.05, 3.63) is 29.8 Å². The van der Waals surface area contributed by atoms with E-state index in [0.29, 0.717) is 0 Å². The second-order valence-electron chi connectivity index (χ2n) is 4.62. The highest BCUT2D eigenvalue weighted by molar-refractivity contribution is 5.94. The molecule has 1 aromatic carbocycles. The number of amides is 1. The summed E-state index contributed by atoms with van der Waals surface area (Å²) in [5, 5.41) is 2.47. The lowest BCUT2D eigenvalue weighted by Crippen LogP contribution is -2.27. The summed E-state index contributed by atoms with van der Waals surface area (Å²) in [5.74, 6) is -1.36. The summed E-state index contributed by atoms with van der Waals surface area (Å²) in [6, 6.07) is 4.47. The van der Waals surface area contributed by atoms with Gasteiger partial charge in [-0.15, -0.1) is 13.2 Å². The molecule has 0 aromatic heterocycles. The molecule has 0 saturated heterocycles. The molecular weight excluding hydrogens is 303 g/mol. The molecule has 0 aliphatic rings. The lowest BCUT2D eigenvalue weighted by Gasteiger charge is -2.10. The maximum atomic E-state index is 12.0. The summed E-state index contributed by atoms with van der Waals surface area (Å²) in [5.41, 5.74) is 0.159. The Hall–Kier alpha value is -2.25. The number of hydrogen-bond donors (Lipinski definition) is 1. The number of rotatable bonds is 6. The number of alkyl halides is 3. The normalized spacial score (nSPS) is 11.2. The minimum Gasteiger partial charge on any atom is -0.463 e. The summed E-state index contributed by atoms with van der Waals surface area (Å²) in [6.45, 7) is 3.49. The summed E-state index contributed by atoms with van der Waals surface area (Å²) in [4.78, 5) is 23.0. The predicted molar refractivity (Wildman–Crippen MR) is 71.3 cm³/mol. The molecule has 8 heteroatoms. The van der Waals surface area contributed by atoms with Crippen molar-refractivity contribution in [3.8, 4) is 5.75 Å². The lowest BCUT2D eigenvalue weighted by molar-refractivity contribution is -0.274. The molecule has 1 amide bonds. The number of benzene rings is 1. The highest BCUT2D eigenvalue weighted by Crippen LogP contribution is 2.22. The Bertz CT molecular complexity index is 512. The van der Waals surface area contributed by atoms with E-state index in [1.165, 1.54) is 12.1 Å². The van der Waals surface area contributed by atoms with Gasteiger partial charge in [-0.25, -0.2) is 0 Å². The van der Waals surface area contributed by atoms with Gasteiger partial charge in [-0.05, 0) is 38.1 Å². The molecule has 0 spiro atoms. The molecule has 0 heterocycles. The molecule has 0 bridgehead atoms. The van der Waals surface area contributed by atoms with Gasteiger partial charge in [-0.3, -0.25) is 9.59 Å². The number of hydrogen-bond acceptors (Lipinski definition) is 4. The lowest BCUT2D eigenvalue weighted by atomic mass is 10.2. The molecule has 0 aliphatic carbocycles. The Balaban J connectivity index is 2.44. The van der Waals surface area contributed by atoms with Crippen LogP contribution in [0.1, 0.15) is 30.6 Å². The maximum absolute atomic E-state index is 12.0. The average molecular weight is 319 g/mol. The SMILES string of the molecule is CC(C)OC(=O)CCNC(=O)c1ccc(OC(F)(F)F)cc1. The first-order valence-corrected chi connectivity index (χ1v) is 6.51. The maximum Gasteiger partial charge on any atom is 0.573 e. The van der Waals surface area contributed by atoms with Crippen LogP contribution in [-0.4, -0.2) is 30.9 Å². The van der Waals surface area contributed by atoms with Crippen LogP contribution in [0.25, 0.3) is 0 Å². The van der Waals surface area contributed by atoms with Crippen molar-refractivity contribution in [1.29, 1.82) is 0 Å². The molecular formula is C14H16F3NO4. The fourth-order valence-electron chi connectivity index (χ4n) is 1.51. The van der Waals surface area contributed by atoms with Gasteiger partial charge in [0.25, 0.3) is 5.91 Å². The van der Waals surface area contributed by atoms with Crippen LogP contribution in [0.5, 0.6) is 5.75 Å². The first-order valence-electron chi connectivity index (χ1n) is 6.51. The van der Waals surface area contributed by atoms with Crippen molar-refractivity contribution in [2.24, 2.45) is 0 Å². The number of esters is 1. The second-order valence-corrected chi connectivity index (χ2v) is 4.62. The van der Waals surface area contributed by atoms with Gasteiger partial charge < -0.3 is 14.8 Å². The predicted octanol–water partition coefficient (Wildman–Crippen LogP) is 2.66. The van der Waals surface area contributed by atoms with E-state index in [2.05, 4.69) is 10.1 Å². The van der Waals surface area contributed by atoms with Gasteiger partial charge in [-0.1, -0.05) is 0 Å². The molecule has 1 N–H and O–H groups in total. The Morgan fingerprint density at radius 1 is 1.18 bits per heavy atom. The largest absolute Gasteiger partial charge is 0.573 e. The first-order chi connectivity index (χ1) is 10.2. The zero-order valence-corrected chi connectivity index (χ0v) is 12.1. The topological polar surface area (TPSA) is 64.6 Å². The van der Waals surface area contributed by atoms with Crippen molar-refractivity contribution < 1.29 is 32.2 Å². The monoisotopic (exact) mass is 319 g/mol. The number of carbonyl (C=O) groups is 2. The standard InChI is InChI=1S/C14H16F3NO4/c1-9(2)21-12(19)7-8-18-13(20)10-3-5-11(6-4-10)22-14(15,16)17/h3-6,9H,7-8H2,1-2H3,(H,18,20). The van der Waals surface area contributed by atoms with E-state index in [9.17, 15) is 22.8 Å². The molecule has 0 radical (unpaired) electrons. The Kier molecular flexibility index (Phi) is 6.21. The van der Waals surface area contributed by atoms with Crippen LogP contribution in [0, 0.1) is 0 Å². The molecule has 1 rings (SSSR count). The van der Waals surface area contributed by atoms with Gasteiger partial charge in [0.15, 0.2) is 0 Å². The average Bonchev–Trinajstić information content (AvgIpc) is 2.36. The van der Waals surface area contributed by atoms with Crippen LogP contribution in [0.4, 0.5) is 13.2 Å². The Labute approximate surface area is 125 Å². The zero-order valence-electron chi connectivity index (χ0n) is 12.1. The molecule has 122 valence electrons. The quantitative estimate of drug-likeness (QED) is 0.819. The third kappa shape index (κ3) is 6.96. The highest BCUT2D eigenvalue weighted by Gasteiger charge is 2.31. The van der Waals surface area contributed by atoms with Crippen molar-refractivity contribution >= 4 is 11.9 Å². The van der Waals surface area contributed by atoms with Crippen molar-refractivity contribution in [3.63, 3.8) is 0 Å². The summed E-state index contributed by atoms with van der Waals surface area (Å²) < 4.78 is 44.5. The van der Waals surface area contributed by atoms with Crippen molar-refractivity contribution in [2.45, 2.75) is 32.7 Å². The van der Waals surface area contributed by atoms with Crippen molar-refractivity contribution in [1.82, 2.24) is 5.32 Å². The second kappa shape index (κ2) is 7.67. The third-order valence-corrected chi connectivity index (χ3v) is 2.33. The van der Waals surface area contributed by atoms with Gasteiger partial charge >= 0.3 is 12.3 Å². The van der Waals surface area contributed by atoms with Gasteiger partial charge in [-0.2, -0.15) is 0 Å². The van der Waals surface area contributed by atoms with E-state index in [4.69, 9.17) is 4.74 Å². The molecule has 0 fully saturated rings. The van der Waals surface area contributed by atoms with Gasteiger partial charge in [0.2, 0.25) is 0 Å². The van der Waals surface area contributed by atoms with E-state index in [1.54, 1.807) is 13.8 Å². The van der Waals surface area contributed by atoms with Crippen LogP contribution in [0.3, 0.4) is 0 Å². The van der Waals surface area contributed by atoms with Crippen LogP contribution in [0.2, 0.25) is 0 Å². The molecule has 22 heavy (non-hydrogen) atoms. The number of carbonyl (C=O) groups excluding carboxylic acids is 2. The van der Waals surface area contributed by atoms with Crippen molar-refractivity contribution in [2.75, 3.05) is 6.54 Å². The molecule has 0 saturated carbocycles. The number of halogens is 3. The summed E-state index contributed by atoms with van der Waals surface area (Å²) in [7, 11) is 0. The van der Waals surface area contributed by atoms with Crippen LogP contribution >= 0.6 is 0 Å². The fourth-order valence-corrected chi connectivity index (χ4v) is 1.51. The smallest absolute Gasteiger partial charge is 0.463 e. The first kappa shape index (κ1) is 17.8. The zero-order chi connectivity index (χ0) is 16.8. The van der Waals surface area contributed by atoms with Gasteiger partial charge in [0.1, 0.15) is 5.75 Å². The van der Waals surface area contributed by atoms with E-state index in [-0.39, 0.29) is 24.6 Å². The van der Waals surface area contributed by atoms with Crippen LogP contribution < -0.4 is 10.1 Å². The van der Waals surface area contributed by atoms with E-state index in [0.717, 1.165) is 12.1 Å². The summed E-state index contributed by atoms with van der Waals surface area (Å²) in [6.07, 6.45) is -5.00. The van der Waals surface area contributed by atoms with Crippen LogP contribution in [0.15, 0.2) is 24.3 Å². The minimum atomic E-state index is -4.78. The minimum absolute atomic E-state index is 0.0131. The van der Waals surface area contributed by atoms with Gasteiger partial charge in [0.05, 0.1) is 12.5 Å². The Morgan fingerprint density at radius 2 is 1.77 bits per heavy atom. The summed E-state index contributed by atoms with van der Waals surface area (Å²) >= 11 is 0. The highest BCUT2D eigenvalue weighted by atomic mass is 19.4. The number of ether oxygens (including phenoxy) is 2. The van der Waals surface area contributed by atoms with E-state index < -0.39 is 24.0 Å². The Morgan fingerprint density at radius 3 is 2.27 bits per heavy atom. The number of nitrogens with one attached hydrogen (secondary N) is 1. The van der Waals surface area contributed by atoms with E-state index >= 15 is 0 Å². The molecule has 5 nitrogen and oxygen atoms in total. The molecule has 1 aromatic rings. The van der Waals surface area contributed by atoms with E-state index in [1.807, 2.05) is 0 Å². The van der Waals surface area contributed by atoms with Crippen LogP contribution in [-0.2, 0) is 9.53 Å². The van der Waals surface area contributed by atoms with Gasteiger partial charge in [0, 0.05) is 12.1 Å². The molecule has 0 unspecified atom stereocenters. The fraction of sp³-hybridized carbons (Fsp3) is 0.429. The third-order valence-electron chi connectivity index (χ3n) is 2.33. The molecule has 0 atom stereocenters.